The van der Waals surface area contributed by atoms with Gasteiger partial charge in [-0.25, -0.2) is 0 Å². The van der Waals surface area contributed by atoms with Gasteiger partial charge in [0.15, 0.2) is 0 Å². The fraction of sp³-hybridized carbons (Fsp3) is 0.286. The van der Waals surface area contributed by atoms with Crippen LogP contribution in [0.4, 0.5) is 5.69 Å². The van der Waals surface area contributed by atoms with Crippen molar-refractivity contribution in [3.8, 4) is 0 Å². The van der Waals surface area contributed by atoms with E-state index in [9.17, 15) is 4.79 Å². The first-order valence-corrected chi connectivity index (χ1v) is 8.93. The highest BCUT2D eigenvalue weighted by atomic mass is 16.2. The maximum absolute atomic E-state index is 12.5. The van der Waals surface area contributed by atoms with E-state index < -0.39 is 0 Å². The quantitative estimate of drug-likeness (QED) is 0.794. The van der Waals surface area contributed by atoms with E-state index in [1.165, 1.54) is 16.6 Å². The van der Waals surface area contributed by atoms with Gasteiger partial charge in [0.25, 0.3) is 0 Å². The number of aromatic nitrogens is 1. The molecule has 1 aromatic heterocycles. The molecule has 1 amide bonds. The molecule has 1 aliphatic heterocycles. The molecule has 3 aromatic rings. The van der Waals surface area contributed by atoms with E-state index in [1.54, 1.807) is 0 Å². The molecule has 0 aliphatic carbocycles. The molecule has 4 nitrogen and oxygen atoms in total. The number of aryl methyl sites for hydroxylation is 1. The molecular weight excluding hydrogens is 310 g/mol. The number of rotatable bonds is 4. The number of aromatic amines is 1. The molecule has 25 heavy (non-hydrogen) atoms. The molecule has 1 N–H and O–H groups in total. The maximum atomic E-state index is 12.5. The Bertz CT molecular complexity index is 848. The molecule has 0 saturated carbocycles. The van der Waals surface area contributed by atoms with Crippen LogP contribution < -0.4 is 4.90 Å². The predicted molar refractivity (Wildman–Crippen MR) is 102 cm³/mol. The molecule has 128 valence electrons. The molecule has 4 heteroatoms. The fourth-order valence-electron chi connectivity index (χ4n) is 3.51. The second-order valence-electron chi connectivity index (χ2n) is 6.60. The van der Waals surface area contributed by atoms with Crippen molar-refractivity contribution in [2.45, 2.75) is 12.8 Å². The first kappa shape index (κ1) is 15.8. The summed E-state index contributed by atoms with van der Waals surface area (Å²) >= 11 is 0. The van der Waals surface area contributed by atoms with Crippen molar-refractivity contribution in [3.05, 3.63) is 66.4 Å². The van der Waals surface area contributed by atoms with Gasteiger partial charge in [0.1, 0.15) is 0 Å². The number of amides is 1. The van der Waals surface area contributed by atoms with Crippen LogP contribution in [0.1, 0.15) is 12.0 Å². The predicted octanol–water partition coefficient (Wildman–Crippen LogP) is 3.45. The number of carbonyl (C=O) groups is 1. The van der Waals surface area contributed by atoms with Gasteiger partial charge in [0.2, 0.25) is 5.91 Å². The van der Waals surface area contributed by atoms with Gasteiger partial charge >= 0.3 is 0 Å². The maximum Gasteiger partial charge on any atom is 0.223 e. The molecule has 4 rings (SSSR count). The third-order valence-electron chi connectivity index (χ3n) is 5.00. The minimum absolute atomic E-state index is 0.263. The Balaban J connectivity index is 1.30. The number of benzene rings is 2. The third-order valence-corrected chi connectivity index (χ3v) is 5.00. The van der Waals surface area contributed by atoms with Gasteiger partial charge in [0, 0.05) is 50.0 Å². The summed E-state index contributed by atoms with van der Waals surface area (Å²) in [5.74, 6) is 0.263. The Kier molecular flexibility index (Phi) is 4.42. The average Bonchev–Trinajstić information content (AvgIpc) is 3.15. The molecule has 2 heterocycles. The van der Waals surface area contributed by atoms with Crippen LogP contribution in [-0.2, 0) is 11.2 Å². The zero-order valence-electron chi connectivity index (χ0n) is 14.3. The Labute approximate surface area is 148 Å². The van der Waals surface area contributed by atoms with E-state index in [1.807, 2.05) is 17.2 Å². The molecule has 0 atom stereocenters. The van der Waals surface area contributed by atoms with Crippen molar-refractivity contribution in [1.29, 1.82) is 0 Å². The highest BCUT2D eigenvalue weighted by molar-refractivity contribution is 5.80. The summed E-state index contributed by atoms with van der Waals surface area (Å²) < 4.78 is 0. The number of hydrogen-bond donors (Lipinski definition) is 1. The van der Waals surface area contributed by atoms with Gasteiger partial charge in [-0.3, -0.25) is 4.79 Å². The number of hydrogen-bond acceptors (Lipinski definition) is 2. The lowest BCUT2D eigenvalue weighted by Crippen LogP contribution is -2.48. The van der Waals surface area contributed by atoms with E-state index in [4.69, 9.17) is 0 Å². The third kappa shape index (κ3) is 3.53. The molecule has 0 spiro atoms. The first-order chi connectivity index (χ1) is 12.3. The second kappa shape index (κ2) is 7.01. The molecule has 1 aliphatic rings. The van der Waals surface area contributed by atoms with Crippen LogP contribution in [0.3, 0.4) is 0 Å². The van der Waals surface area contributed by atoms with Crippen LogP contribution in [0.25, 0.3) is 10.9 Å². The van der Waals surface area contributed by atoms with Crippen molar-refractivity contribution < 1.29 is 4.79 Å². The van der Waals surface area contributed by atoms with Gasteiger partial charge in [-0.15, -0.1) is 0 Å². The summed E-state index contributed by atoms with van der Waals surface area (Å²) in [6.45, 7) is 3.43. The lowest BCUT2D eigenvalue weighted by molar-refractivity contribution is -0.131. The number of anilines is 1. The molecule has 0 bridgehead atoms. The van der Waals surface area contributed by atoms with E-state index in [0.717, 1.165) is 38.1 Å². The SMILES string of the molecule is O=C(CCc1ccc2cc[nH]c2c1)N1CCN(c2ccccc2)CC1. The Hall–Kier alpha value is -2.75. The van der Waals surface area contributed by atoms with Gasteiger partial charge in [0.05, 0.1) is 0 Å². The monoisotopic (exact) mass is 333 g/mol. The van der Waals surface area contributed by atoms with Crippen molar-refractivity contribution in [1.82, 2.24) is 9.88 Å². The summed E-state index contributed by atoms with van der Waals surface area (Å²) in [6, 6.07) is 18.9. The summed E-state index contributed by atoms with van der Waals surface area (Å²) in [6.07, 6.45) is 3.33. The van der Waals surface area contributed by atoms with Crippen LogP contribution in [0.2, 0.25) is 0 Å². The number of nitrogens with one attached hydrogen (secondary N) is 1. The van der Waals surface area contributed by atoms with Crippen LogP contribution >= 0.6 is 0 Å². The Morgan fingerprint density at radius 1 is 0.960 bits per heavy atom. The zero-order valence-corrected chi connectivity index (χ0v) is 14.3. The average molecular weight is 333 g/mol. The van der Waals surface area contributed by atoms with Crippen LogP contribution in [0.15, 0.2) is 60.8 Å². The van der Waals surface area contributed by atoms with Crippen molar-refractivity contribution >= 4 is 22.5 Å². The molecular formula is C21H23N3O. The number of carbonyl (C=O) groups excluding carboxylic acids is 1. The summed E-state index contributed by atoms with van der Waals surface area (Å²) in [4.78, 5) is 20.1. The highest BCUT2D eigenvalue weighted by Crippen LogP contribution is 2.18. The van der Waals surface area contributed by atoms with Gasteiger partial charge in [-0.2, -0.15) is 0 Å². The van der Waals surface area contributed by atoms with Gasteiger partial charge in [-0.1, -0.05) is 30.3 Å². The number of para-hydroxylation sites is 1. The Morgan fingerprint density at radius 2 is 1.76 bits per heavy atom. The van der Waals surface area contributed by atoms with Crippen LogP contribution in [0.5, 0.6) is 0 Å². The molecule has 0 unspecified atom stereocenters. The van der Waals surface area contributed by atoms with Crippen molar-refractivity contribution in [2.24, 2.45) is 0 Å². The summed E-state index contributed by atoms with van der Waals surface area (Å²) in [5, 5.41) is 1.21. The lowest BCUT2D eigenvalue weighted by atomic mass is 10.1. The molecule has 1 fully saturated rings. The zero-order chi connectivity index (χ0) is 17.1. The lowest BCUT2D eigenvalue weighted by Gasteiger charge is -2.36. The van der Waals surface area contributed by atoms with Crippen molar-refractivity contribution in [3.63, 3.8) is 0 Å². The standard InChI is InChI=1S/C21H23N3O/c25-21(9-7-17-6-8-18-10-11-22-20(18)16-17)24-14-12-23(13-15-24)19-4-2-1-3-5-19/h1-6,8,10-11,16,22H,7,9,12-15H2. The first-order valence-electron chi connectivity index (χ1n) is 8.93. The van der Waals surface area contributed by atoms with Crippen molar-refractivity contribution in [2.75, 3.05) is 31.1 Å². The molecule has 1 saturated heterocycles. The number of piperazine rings is 1. The number of fused-ring (bicyclic) bond motifs is 1. The van der Waals surface area contributed by atoms with E-state index in [0.29, 0.717) is 6.42 Å². The summed E-state index contributed by atoms with van der Waals surface area (Å²) in [5.41, 5.74) is 3.60. The van der Waals surface area contributed by atoms with Gasteiger partial charge in [-0.05, 0) is 41.6 Å². The highest BCUT2D eigenvalue weighted by Gasteiger charge is 2.20. The van der Waals surface area contributed by atoms with Gasteiger partial charge < -0.3 is 14.8 Å². The largest absolute Gasteiger partial charge is 0.368 e. The van der Waals surface area contributed by atoms with E-state index in [2.05, 4.69) is 58.4 Å². The minimum atomic E-state index is 0.263. The van der Waals surface area contributed by atoms with E-state index >= 15 is 0 Å². The molecule has 0 radical (unpaired) electrons. The normalized spacial score (nSPS) is 14.9. The minimum Gasteiger partial charge on any atom is -0.368 e. The molecule has 2 aromatic carbocycles. The summed E-state index contributed by atoms with van der Waals surface area (Å²) in [7, 11) is 0. The smallest absolute Gasteiger partial charge is 0.223 e. The van der Waals surface area contributed by atoms with Crippen LogP contribution in [0, 0.1) is 0 Å². The fourth-order valence-corrected chi connectivity index (χ4v) is 3.51. The van der Waals surface area contributed by atoms with Crippen LogP contribution in [-0.4, -0.2) is 42.0 Å². The van der Waals surface area contributed by atoms with E-state index in [-0.39, 0.29) is 5.91 Å². The second-order valence-corrected chi connectivity index (χ2v) is 6.60. The topological polar surface area (TPSA) is 39.3 Å². The number of nitrogens with zero attached hydrogens (tertiary/aromatic N) is 2. The Morgan fingerprint density at radius 3 is 2.56 bits per heavy atom. The number of H-pyrrole nitrogens is 1.